The molecule has 6 nitrogen and oxygen atoms in total. The Morgan fingerprint density at radius 2 is 2.19 bits per heavy atom. The van der Waals surface area contributed by atoms with Gasteiger partial charge in [-0.25, -0.2) is 19.3 Å². The van der Waals surface area contributed by atoms with E-state index in [9.17, 15) is 9.18 Å². The minimum absolute atomic E-state index is 0.249. The van der Waals surface area contributed by atoms with E-state index in [1.807, 2.05) is 11.0 Å². The lowest BCUT2D eigenvalue weighted by Crippen LogP contribution is -2.17. The van der Waals surface area contributed by atoms with Crippen LogP contribution in [-0.2, 0) is 11.2 Å². The summed E-state index contributed by atoms with van der Waals surface area (Å²) in [6.45, 7) is 2.45. The number of nitrogens with one attached hydrogen (secondary N) is 1. The third-order valence-electron chi connectivity index (χ3n) is 4.55. The standard InChI is InChI=1S/C19H15ClFN5O/c1-11-14(21)3-2-12-5-7-26(18(11)12)19-13-8-16(25-17(27)4-6-20)22-9-15(13)23-10-24-19/h2-4,6,8-10H,5,7H2,1H3,(H,22,25,27). The van der Waals surface area contributed by atoms with Gasteiger partial charge in [0.1, 0.15) is 23.8 Å². The van der Waals surface area contributed by atoms with Crippen molar-refractivity contribution in [3.63, 3.8) is 0 Å². The molecule has 3 aromatic rings. The average molecular weight is 384 g/mol. The summed E-state index contributed by atoms with van der Waals surface area (Å²) in [6.07, 6.45) is 5.02. The quantitative estimate of drug-likeness (QED) is 0.695. The van der Waals surface area contributed by atoms with Crippen LogP contribution in [0.3, 0.4) is 0 Å². The Morgan fingerprint density at radius 1 is 1.33 bits per heavy atom. The molecular weight excluding hydrogens is 369 g/mol. The Kier molecular flexibility index (Phi) is 4.45. The van der Waals surface area contributed by atoms with Crippen molar-refractivity contribution < 1.29 is 9.18 Å². The number of nitrogens with zero attached hydrogens (tertiary/aromatic N) is 4. The lowest BCUT2D eigenvalue weighted by Gasteiger charge is -2.22. The van der Waals surface area contributed by atoms with E-state index in [1.165, 1.54) is 18.5 Å². The highest BCUT2D eigenvalue weighted by Gasteiger charge is 2.26. The van der Waals surface area contributed by atoms with E-state index >= 15 is 0 Å². The van der Waals surface area contributed by atoms with Crippen LogP contribution < -0.4 is 10.2 Å². The second-order valence-corrected chi connectivity index (χ2v) is 6.40. The van der Waals surface area contributed by atoms with Gasteiger partial charge >= 0.3 is 0 Å². The van der Waals surface area contributed by atoms with Crippen molar-refractivity contribution in [2.75, 3.05) is 16.8 Å². The molecule has 0 radical (unpaired) electrons. The van der Waals surface area contributed by atoms with Crippen LogP contribution in [0.25, 0.3) is 10.9 Å². The zero-order valence-corrected chi connectivity index (χ0v) is 15.2. The molecule has 4 rings (SSSR count). The molecule has 1 amide bonds. The Bertz CT molecular complexity index is 1090. The van der Waals surface area contributed by atoms with Gasteiger partial charge in [0, 0.05) is 29.1 Å². The van der Waals surface area contributed by atoms with Crippen molar-refractivity contribution in [2.45, 2.75) is 13.3 Å². The highest BCUT2D eigenvalue weighted by molar-refractivity contribution is 6.27. The van der Waals surface area contributed by atoms with E-state index in [4.69, 9.17) is 11.6 Å². The van der Waals surface area contributed by atoms with E-state index in [0.717, 1.165) is 23.2 Å². The number of aromatic nitrogens is 3. The third-order valence-corrected chi connectivity index (χ3v) is 4.67. The molecule has 0 fully saturated rings. The fourth-order valence-electron chi connectivity index (χ4n) is 3.32. The summed E-state index contributed by atoms with van der Waals surface area (Å²) in [6, 6.07) is 5.02. The predicted molar refractivity (Wildman–Crippen MR) is 103 cm³/mol. The second kappa shape index (κ2) is 6.92. The van der Waals surface area contributed by atoms with Crippen LogP contribution >= 0.6 is 11.6 Å². The van der Waals surface area contributed by atoms with Gasteiger partial charge < -0.3 is 10.2 Å². The number of benzene rings is 1. The fraction of sp³-hybridized carbons (Fsp3) is 0.158. The Morgan fingerprint density at radius 3 is 3.00 bits per heavy atom. The lowest BCUT2D eigenvalue weighted by atomic mass is 10.1. The summed E-state index contributed by atoms with van der Waals surface area (Å²) in [4.78, 5) is 26.6. The molecule has 0 unspecified atom stereocenters. The Labute approximate surface area is 159 Å². The van der Waals surface area contributed by atoms with Crippen LogP contribution in [0.4, 0.5) is 21.7 Å². The Hall–Kier alpha value is -3.06. The molecule has 136 valence electrons. The van der Waals surface area contributed by atoms with Gasteiger partial charge in [-0.3, -0.25) is 4.79 Å². The first-order valence-corrected chi connectivity index (χ1v) is 8.76. The van der Waals surface area contributed by atoms with Crippen molar-refractivity contribution >= 4 is 45.7 Å². The number of hydrogen-bond donors (Lipinski definition) is 1. The van der Waals surface area contributed by atoms with Crippen molar-refractivity contribution in [3.8, 4) is 0 Å². The van der Waals surface area contributed by atoms with Gasteiger partial charge in [0.2, 0.25) is 5.91 Å². The number of amides is 1. The summed E-state index contributed by atoms with van der Waals surface area (Å²) in [5.41, 5.74) is 4.27. The maximum Gasteiger partial charge on any atom is 0.250 e. The molecule has 2 aromatic heterocycles. The number of halogens is 2. The van der Waals surface area contributed by atoms with E-state index in [2.05, 4.69) is 20.3 Å². The summed E-state index contributed by atoms with van der Waals surface area (Å²) in [5.74, 6) is 0.369. The maximum absolute atomic E-state index is 14.1. The molecule has 8 heteroatoms. The van der Waals surface area contributed by atoms with Crippen LogP contribution in [-0.4, -0.2) is 27.4 Å². The van der Waals surface area contributed by atoms with E-state index in [1.54, 1.807) is 19.2 Å². The largest absolute Gasteiger partial charge is 0.325 e. The predicted octanol–water partition coefficient (Wildman–Crippen LogP) is 3.86. The molecule has 0 aliphatic carbocycles. The third kappa shape index (κ3) is 3.10. The smallest absolute Gasteiger partial charge is 0.250 e. The van der Waals surface area contributed by atoms with Gasteiger partial charge in [-0.15, -0.1) is 0 Å². The number of rotatable bonds is 3. The van der Waals surface area contributed by atoms with Gasteiger partial charge in [0.25, 0.3) is 0 Å². The van der Waals surface area contributed by atoms with Gasteiger partial charge in [0.05, 0.1) is 17.4 Å². The highest BCUT2D eigenvalue weighted by atomic mass is 35.5. The molecule has 3 heterocycles. The molecule has 27 heavy (non-hydrogen) atoms. The number of anilines is 3. The number of fused-ring (bicyclic) bond motifs is 2. The molecule has 0 saturated heterocycles. The molecule has 0 bridgehead atoms. The van der Waals surface area contributed by atoms with E-state index in [-0.39, 0.29) is 11.7 Å². The zero-order chi connectivity index (χ0) is 19.0. The van der Waals surface area contributed by atoms with Crippen molar-refractivity contribution in [1.29, 1.82) is 0 Å². The molecule has 1 aliphatic heterocycles. The molecule has 1 aromatic carbocycles. The van der Waals surface area contributed by atoms with Crippen LogP contribution in [0.15, 0.2) is 42.3 Å². The summed E-state index contributed by atoms with van der Waals surface area (Å²) in [7, 11) is 0. The van der Waals surface area contributed by atoms with Gasteiger partial charge in [-0.2, -0.15) is 0 Å². The van der Waals surface area contributed by atoms with Crippen LogP contribution in [0, 0.1) is 12.7 Å². The molecule has 0 atom stereocenters. The van der Waals surface area contributed by atoms with Gasteiger partial charge in [-0.05, 0) is 31.0 Å². The molecule has 1 N–H and O–H groups in total. The normalized spacial score (nSPS) is 13.4. The summed E-state index contributed by atoms with van der Waals surface area (Å²) >= 11 is 5.43. The molecular formula is C19H15ClFN5O. The zero-order valence-electron chi connectivity index (χ0n) is 14.4. The first-order valence-electron chi connectivity index (χ1n) is 8.32. The van der Waals surface area contributed by atoms with E-state index < -0.39 is 0 Å². The van der Waals surface area contributed by atoms with Crippen molar-refractivity contribution in [3.05, 3.63) is 59.3 Å². The first-order chi connectivity index (χ1) is 13.1. The minimum atomic E-state index is -0.389. The highest BCUT2D eigenvalue weighted by Crippen LogP contribution is 2.39. The summed E-state index contributed by atoms with van der Waals surface area (Å²) < 4.78 is 14.1. The van der Waals surface area contributed by atoms with Crippen LogP contribution in [0.1, 0.15) is 11.1 Å². The van der Waals surface area contributed by atoms with Gasteiger partial charge in [0.15, 0.2) is 0 Å². The minimum Gasteiger partial charge on any atom is -0.325 e. The monoisotopic (exact) mass is 383 g/mol. The van der Waals surface area contributed by atoms with Crippen molar-refractivity contribution in [2.24, 2.45) is 0 Å². The van der Waals surface area contributed by atoms with Crippen LogP contribution in [0.5, 0.6) is 0 Å². The molecule has 1 aliphatic rings. The first kappa shape index (κ1) is 17.4. The summed E-state index contributed by atoms with van der Waals surface area (Å²) in [5, 5.41) is 3.35. The SMILES string of the molecule is Cc1c(F)ccc2c1N(c1ncnc3cnc(NC(=O)C=CCl)cc13)CC2. The van der Waals surface area contributed by atoms with Crippen molar-refractivity contribution in [1.82, 2.24) is 15.0 Å². The lowest BCUT2D eigenvalue weighted by molar-refractivity contribution is -0.111. The number of carbonyl (C=O) groups excluding carboxylic acids is 1. The van der Waals surface area contributed by atoms with E-state index in [0.29, 0.717) is 34.6 Å². The van der Waals surface area contributed by atoms with Gasteiger partial charge in [-0.1, -0.05) is 17.7 Å². The second-order valence-electron chi connectivity index (χ2n) is 6.15. The number of hydrogen-bond acceptors (Lipinski definition) is 5. The topological polar surface area (TPSA) is 71.0 Å². The molecule has 0 saturated carbocycles. The Balaban J connectivity index is 1.82. The number of carbonyl (C=O) groups is 1. The maximum atomic E-state index is 14.1. The number of pyridine rings is 1. The molecule has 0 spiro atoms. The van der Waals surface area contributed by atoms with Crippen LogP contribution in [0.2, 0.25) is 0 Å². The fourth-order valence-corrected chi connectivity index (χ4v) is 3.43. The average Bonchev–Trinajstić information content (AvgIpc) is 3.09.